The van der Waals surface area contributed by atoms with Crippen LogP contribution in [0.25, 0.3) is 16.7 Å². The van der Waals surface area contributed by atoms with Gasteiger partial charge in [-0.05, 0) is 42.5 Å². The Bertz CT molecular complexity index is 1300. The molecule has 0 saturated carbocycles. The predicted octanol–water partition coefficient (Wildman–Crippen LogP) is 3.54. The van der Waals surface area contributed by atoms with Gasteiger partial charge in [-0.1, -0.05) is 23.2 Å². The van der Waals surface area contributed by atoms with E-state index in [1.165, 1.54) is 28.9 Å². The highest BCUT2D eigenvalue weighted by Crippen LogP contribution is 2.27. The van der Waals surface area contributed by atoms with Gasteiger partial charge in [0.25, 0.3) is 5.56 Å². The van der Waals surface area contributed by atoms with E-state index in [-0.39, 0.29) is 12.1 Å². The van der Waals surface area contributed by atoms with Crippen molar-refractivity contribution in [2.45, 2.75) is 6.54 Å². The number of benzene rings is 2. The Labute approximate surface area is 180 Å². The van der Waals surface area contributed by atoms with Crippen molar-refractivity contribution in [1.29, 1.82) is 0 Å². The second kappa shape index (κ2) is 8.17. The van der Waals surface area contributed by atoms with Gasteiger partial charge in [0.2, 0.25) is 5.91 Å². The van der Waals surface area contributed by atoms with Gasteiger partial charge in [0, 0.05) is 10.0 Å². The zero-order chi connectivity index (χ0) is 21.3. The Morgan fingerprint density at radius 2 is 1.87 bits per heavy atom. The lowest BCUT2D eigenvalue weighted by atomic mass is 10.3. The lowest BCUT2D eigenvalue weighted by Crippen LogP contribution is -2.28. The van der Waals surface area contributed by atoms with Crippen molar-refractivity contribution in [1.82, 2.24) is 19.3 Å². The maximum Gasteiger partial charge on any atom is 0.264 e. The fourth-order valence-corrected chi connectivity index (χ4v) is 3.25. The summed E-state index contributed by atoms with van der Waals surface area (Å²) in [6.07, 6.45) is 2.74. The molecule has 1 amide bonds. The Balaban J connectivity index is 1.60. The van der Waals surface area contributed by atoms with E-state index in [4.69, 9.17) is 27.9 Å². The van der Waals surface area contributed by atoms with Gasteiger partial charge in [0.1, 0.15) is 24.0 Å². The summed E-state index contributed by atoms with van der Waals surface area (Å²) in [7, 11) is 1.49. The Morgan fingerprint density at radius 1 is 1.13 bits per heavy atom. The molecule has 2 aromatic carbocycles. The van der Waals surface area contributed by atoms with Gasteiger partial charge in [-0.25, -0.2) is 9.67 Å². The second-order valence-electron chi connectivity index (χ2n) is 6.34. The number of anilines is 1. The summed E-state index contributed by atoms with van der Waals surface area (Å²) in [6, 6.07) is 11.8. The average Bonchev–Trinajstić information content (AvgIpc) is 3.16. The molecule has 0 aliphatic heterocycles. The Kier molecular flexibility index (Phi) is 5.43. The van der Waals surface area contributed by atoms with E-state index >= 15 is 0 Å². The number of nitrogens with zero attached hydrogens (tertiary/aromatic N) is 4. The largest absolute Gasteiger partial charge is 0.495 e. The summed E-state index contributed by atoms with van der Waals surface area (Å²) in [5, 5.41) is 8.26. The van der Waals surface area contributed by atoms with Crippen LogP contribution < -0.4 is 15.6 Å². The molecule has 0 aliphatic carbocycles. The number of hydrogen-bond donors (Lipinski definition) is 1. The molecule has 0 unspecified atom stereocenters. The first-order valence-electron chi connectivity index (χ1n) is 8.79. The van der Waals surface area contributed by atoms with Gasteiger partial charge in [-0.2, -0.15) is 5.10 Å². The average molecular weight is 444 g/mol. The molecule has 0 saturated heterocycles. The first-order chi connectivity index (χ1) is 14.5. The lowest BCUT2D eigenvalue weighted by molar-refractivity contribution is -0.116. The van der Waals surface area contributed by atoms with Crippen LogP contribution in [0.3, 0.4) is 0 Å². The molecule has 0 aliphatic rings. The summed E-state index contributed by atoms with van der Waals surface area (Å²) in [5.41, 5.74) is 1.13. The van der Waals surface area contributed by atoms with E-state index in [9.17, 15) is 9.59 Å². The molecule has 0 fully saturated rings. The number of methoxy groups -OCH3 is 1. The zero-order valence-electron chi connectivity index (χ0n) is 15.7. The van der Waals surface area contributed by atoms with E-state index in [0.717, 1.165) is 0 Å². The van der Waals surface area contributed by atoms with Gasteiger partial charge >= 0.3 is 0 Å². The highest BCUT2D eigenvalue weighted by molar-refractivity contribution is 6.31. The molecule has 2 heterocycles. The van der Waals surface area contributed by atoms with Gasteiger partial charge in [0.15, 0.2) is 5.65 Å². The van der Waals surface area contributed by atoms with Crippen LogP contribution in [-0.2, 0) is 11.3 Å². The minimum absolute atomic E-state index is 0.233. The topological polar surface area (TPSA) is 91.0 Å². The van der Waals surface area contributed by atoms with Crippen LogP contribution in [0.4, 0.5) is 5.69 Å². The lowest BCUT2D eigenvalue weighted by Gasteiger charge is -2.11. The molecule has 8 nitrogen and oxygen atoms in total. The Hall–Kier alpha value is -3.36. The van der Waals surface area contributed by atoms with Crippen molar-refractivity contribution in [2.24, 2.45) is 0 Å². The predicted molar refractivity (Wildman–Crippen MR) is 115 cm³/mol. The molecule has 2 aromatic heterocycles. The molecule has 30 heavy (non-hydrogen) atoms. The molecule has 10 heteroatoms. The van der Waals surface area contributed by atoms with Crippen LogP contribution in [0.2, 0.25) is 10.0 Å². The fraction of sp³-hybridized carbons (Fsp3) is 0.100. The fourth-order valence-electron chi connectivity index (χ4n) is 2.95. The van der Waals surface area contributed by atoms with Crippen molar-refractivity contribution in [3.8, 4) is 11.4 Å². The number of fused-ring (bicyclic) bond motifs is 1. The number of nitrogens with one attached hydrogen (secondary N) is 1. The molecule has 0 radical (unpaired) electrons. The number of carbonyl (C=O) groups is 1. The van der Waals surface area contributed by atoms with Crippen LogP contribution >= 0.6 is 23.2 Å². The number of ether oxygens (including phenoxy) is 1. The molecule has 0 bridgehead atoms. The molecule has 1 N–H and O–H groups in total. The van der Waals surface area contributed by atoms with Gasteiger partial charge in [-0.3, -0.25) is 14.2 Å². The summed E-state index contributed by atoms with van der Waals surface area (Å²) in [4.78, 5) is 29.6. The van der Waals surface area contributed by atoms with Crippen LogP contribution in [0.15, 0.2) is 59.8 Å². The highest BCUT2D eigenvalue weighted by Gasteiger charge is 2.14. The molecule has 152 valence electrons. The van der Waals surface area contributed by atoms with Crippen LogP contribution in [0.5, 0.6) is 5.75 Å². The van der Waals surface area contributed by atoms with Crippen molar-refractivity contribution >= 4 is 45.8 Å². The normalized spacial score (nSPS) is 10.9. The number of halogens is 2. The molecule has 0 atom stereocenters. The minimum Gasteiger partial charge on any atom is -0.495 e. The van der Waals surface area contributed by atoms with E-state index < -0.39 is 5.91 Å². The third-order valence-electron chi connectivity index (χ3n) is 4.38. The van der Waals surface area contributed by atoms with Crippen molar-refractivity contribution in [3.05, 3.63) is 75.4 Å². The highest BCUT2D eigenvalue weighted by atomic mass is 35.5. The number of carbonyl (C=O) groups excluding carboxylic acids is 1. The first-order valence-corrected chi connectivity index (χ1v) is 9.54. The molecular weight excluding hydrogens is 429 g/mol. The smallest absolute Gasteiger partial charge is 0.264 e. The Morgan fingerprint density at radius 3 is 2.60 bits per heavy atom. The summed E-state index contributed by atoms with van der Waals surface area (Å²) < 4.78 is 7.96. The van der Waals surface area contributed by atoms with E-state index in [1.807, 2.05) is 0 Å². The van der Waals surface area contributed by atoms with Gasteiger partial charge < -0.3 is 10.1 Å². The van der Waals surface area contributed by atoms with E-state index in [2.05, 4.69) is 15.4 Å². The molecule has 4 aromatic rings. The monoisotopic (exact) mass is 443 g/mol. The SMILES string of the molecule is COc1ccc(Cl)cc1NC(=O)Cn1cnc2c(cnn2-c2ccc(Cl)cc2)c1=O. The van der Waals surface area contributed by atoms with Crippen molar-refractivity contribution < 1.29 is 9.53 Å². The maximum absolute atomic E-state index is 12.8. The van der Waals surface area contributed by atoms with Gasteiger partial charge in [-0.15, -0.1) is 0 Å². The minimum atomic E-state index is -0.427. The molecule has 0 spiro atoms. The zero-order valence-corrected chi connectivity index (χ0v) is 17.2. The quantitative estimate of drug-likeness (QED) is 0.509. The number of amides is 1. The van der Waals surface area contributed by atoms with Gasteiger partial charge in [0.05, 0.1) is 24.7 Å². The third kappa shape index (κ3) is 3.87. The van der Waals surface area contributed by atoms with E-state index in [1.54, 1.807) is 42.5 Å². The standard InChI is InChI=1S/C20H15Cl2N5O3/c1-30-17-7-4-13(22)8-16(17)25-18(28)10-26-11-23-19-15(20(26)29)9-24-27(19)14-5-2-12(21)3-6-14/h2-9,11H,10H2,1H3,(H,25,28). The molecular formula is C20H15Cl2N5O3. The first kappa shape index (κ1) is 19.9. The maximum atomic E-state index is 12.8. The third-order valence-corrected chi connectivity index (χ3v) is 4.86. The molecule has 4 rings (SSSR count). The number of rotatable bonds is 5. The summed E-state index contributed by atoms with van der Waals surface area (Å²) in [6.45, 7) is -0.233. The summed E-state index contributed by atoms with van der Waals surface area (Å²) >= 11 is 11.9. The number of hydrogen-bond acceptors (Lipinski definition) is 5. The van der Waals surface area contributed by atoms with Crippen LogP contribution in [0.1, 0.15) is 0 Å². The number of aromatic nitrogens is 4. The van der Waals surface area contributed by atoms with E-state index in [0.29, 0.717) is 38.2 Å². The summed E-state index contributed by atoms with van der Waals surface area (Å²) in [5.74, 6) is 0.0295. The van der Waals surface area contributed by atoms with Crippen LogP contribution in [0, 0.1) is 0 Å². The second-order valence-corrected chi connectivity index (χ2v) is 7.21. The van der Waals surface area contributed by atoms with Crippen molar-refractivity contribution in [3.63, 3.8) is 0 Å². The van der Waals surface area contributed by atoms with Crippen LogP contribution in [-0.4, -0.2) is 32.3 Å². The van der Waals surface area contributed by atoms with Crippen molar-refractivity contribution in [2.75, 3.05) is 12.4 Å².